The van der Waals surface area contributed by atoms with Crippen molar-refractivity contribution in [2.75, 3.05) is 6.61 Å². The van der Waals surface area contributed by atoms with E-state index >= 15 is 0 Å². The molecule has 5 rings (SSSR count). The number of thiophene rings is 1. The molecule has 0 atom stereocenters. The molecule has 8 nitrogen and oxygen atoms in total. The van der Waals surface area contributed by atoms with Crippen molar-refractivity contribution in [3.05, 3.63) is 76.4 Å². The summed E-state index contributed by atoms with van der Waals surface area (Å²) in [7, 11) is 0. The monoisotopic (exact) mass is 462 g/mol. The first-order valence-electron chi connectivity index (χ1n) is 9.91. The van der Waals surface area contributed by atoms with Crippen LogP contribution in [0.3, 0.4) is 0 Å². The molecule has 0 saturated carbocycles. The Morgan fingerprint density at radius 1 is 1.16 bits per heavy atom. The molecule has 0 amide bonds. The van der Waals surface area contributed by atoms with E-state index < -0.39 is 0 Å². The Morgan fingerprint density at radius 3 is 2.81 bits per heavy atom. The molecule has 0 aliphatic rings. The number of hydrogen-bond donors (Lipinski definition) is 1. The standard InChI is InChI=1S/C22H18N6O2S2/c1-2-30-16-7-5-15(6-8-16)28-20(14-4-3-10-23-12-14)26-27-22(28)32-13-18-24-17-9-11-31-19(17)21(29)25-18/h3-12H,2,13H2,1H3,(H,24,25,29). The number of benzene rings is 1. The van der Waals surface area contributed by atoms with E-state index in [4.69, 9.17) is 4.74 Å². The van der Waals surface area contributed by atoms with Gasteiger partial charge in [-0.1, -0.05) is 11.8 Å². The number of nitrogens with zero attached hydrogens (tertiary/aromatic N) is 5. The van der Waals surface area contributed by atoms with E-state index in [1.54, 1.807) is 12.4 Å². The lowest BCUT2D eigenvalue weighted by atomic mass is 10.2. The Labute approximate surface area is 191 Å². The van der Waals surface area contributed by atoms with Crippen LogP contribution in [0.2, 0.25) is 0 Å². The molecule has 160 valence electrons. The minimum Gasteiger partial charge on any atom is -0.494 e. The van der Waals surface area contributed by atoms with Crippen molar-refractivity contribution in [1.29, 1.82) is 0 Å². The number of thioether (sulfide) groups is 1. The zero-order valence-corrected chi connectivity index (χ0v) is 18.7. The largest absolute Gasteiger partial charge is 0.494 e. The highest BCUT2D eigenvalue weighted by Crippen LogP contribution is 2.30. The number of hydrogen-bond acceptors (Lipinski definition) is 8. The Morgan fingerprint density at radius 2 is 2.03 bits per heavy atom. The van der Waals surface area contributed by atoms with Gasteiger partial charge in [0.2, 0.25) is 0 Å². The summed E-state index contributed by atoms with van der Waals surface area (Å²) in [6.07, 6.45) is 3.48. The van der Waals surface area contributed by atoms with E-state index in [1.807, 2.05) is 59.3 Å². The van der Waals surface area contributed by atoms with Crippen LogP contribution >= 0.6 is 23.1 Å². The minimum absolute atomic E-state index is 0.121. The molecule has 32 heavy (non-hydrogen) atoms. The molecule has 0 aliphatic heterocycles. The first kappa shape index (κ1) is 20.4. The second-order valence-corrected chi connectivity index (χ2v) is 8.61. The Balaban J connectivity index is 1.51. The Kier molecular flexibility index (Phi) is 5.70. The molecule has 0 unspecified atom stereocenters. The van der Waals surface area contributed by atoms with E-state index in [-0.39, 0.29) is 5.56 Å². The first-order chi connectivity index (χ1) is 15.7. The fraction of sp³-hybridized carbons (Fsp3) is 0.136. The molecule has 4 heterocycles. The number of aromatic amines is 1. The van der Waals surface area contributed by atoms with Crippen LogP contribution < -0.4 is 10.3 Å². The van der Waals surface area contributed by atoms with Crippen LogP contribution in [-0.2, 0) is 5.75 Å². The van der Waals surface area contributed by atoms with Crippen molar-refractivity contribution >= 4 is 33.3 Å². The maximum atomic E-state index is 12.3. The number of aromatic nitrogens is 6. The highest BCUT2D eigenvalue weighted by atomic mass is 32.2. The van der Waals surface area contributed by atoms with Gasteiger partial charge in [-0.05, 0) is 54.8 Å². The van der Waals surface area contributed by atoms with Crippen molar-refractivity contribution in [2.24, 2.45) is 0 Å². The molecular weight excluding hydrogens is 444 g/mol. The van der Waals surface area contributed by atoms with Gasteiger partial charge in [0.15, 0.2) is 11.0 Å². The molecule has 4 aromatic heterocycles. The second kappa shape index (κ2) is 8.93. The lowest BCUT2D eigenvalue weighted by molar-refractivity contribution is 0.340. The van der Waals surface area contributed by atoms with Gasteiger partial charge in [0.05, 0.1) is 17.9 Å². The van der Waals surface area contributed by atoms with Gasteiger partial charge >= 0.3 is 0 Å². The predicted molar refractivity (Wildman–Crippen MR) is 126 cm³/mol. The Hall–Kier alpha value is -3.50. The van der Waals surface area contributed by atoms with Crippen LogP contribution in [0.25, 0.3) is 27.3 Å². The fourth-order valence-electron chi connectivity index (χ4n) is 3.26. The molecule has 0 spiro atoms. The summed E-state index contributed by atoms with van der Waals surface area (Å²) in [5.74, 6) is 2.52. The summed E-state index contributed by atoms with van der Waals surface area (Å²) in [5, 5.41) is 11.4. The SMILES string of the molecule is CCOc1ccc(-n2c(SCc3nc4ccsc4c(=O)[nH]3)nnc2-c2cccnc2)cc1. The Bertz CT molecular complexity index is 1410. The molecule has 0 fully saturated rings. The van der Waals surface area contributed by atoms with Gasteiger partial charge in [-0.25, -0.2) is 4.98 Å². The van der Waals surface area contributed by atoms with Gasteiger partial charge in [0, 0.05) is 23.6 Å². The summed E-state index contributed by atoms with van der Waals surface area (Å²) in [5.41, 5.74) is 2.34. The smallest absolute Gasteiger partial charge is 0.268 e. The van der Waals surface area contributed by atoms with Crippen LogP contribution in [0.4, 0.5) is 0 Å². The van der Waals surface area contributed by atoms with Crippen molar-refractivity contribution < 1.29 is 4.74 Å². The molecule has 1 N–H and O–H groups in total. The number of pyridine rings is 1. The summed E-state index contributed by atoms with van der Waals surface area (Å²) in [4.78, 5) is 23.9. The average Bonchev–Trinajstić information content (AvgIpc) is 3.46. The second-order valence-electron chi connectivity index (χ2n) is 6.75. The van der Waals surface area contributed by atoms with Gasteiger partial charge in [-0.2, -0.15) is 0 Å². The van der Waals surface area contributed by atoms with Crippen LogP contribution in [0.15, 0.2) is 70.2 Å². The van der Waals surface area contributed by atoms with Gasteiger partial charge in [-0.15, -0.1) is 21.5 Å². The maximum Gasteiger partial charge on any atom is 0.268 e. The van der Waals surface area contributed by atoms with E-state index in [0.29, 0.717) is 39.4 Å². The zero-order chi connectivity index (χ0) is 21.9. The molecule has 5 aromatic rings. The number of fused-ring (bicyclic) bond motifs is 1. The molecular formula is C22H18N6O2S2. The third-order valence-corrected chi connectivity index (χ3v) is 6.50. The van der Waals surface area contributed by atoms with Crippen LogP contribution in [-0.4, -0.2) is 36.3 Å². The summed E-state index contributed by atoms with van der Waals surface area (Å²) >= 11 is 2.84. The van der Waals surface area contributed by atoms with E-state index in [9.17, 15) is 4.79 Å². The third-order valence-electron chi connectivity index (χ3n) is 4.66. The van der Waals surface area contributed by atoms with Crippen LogP contribution in [0.1, 0.15) is 12.7 Å². The molecule has 1 aromatic carbocycles. The van der Waals surface area contributed by atoms with Gasteiger partial charge < -0.3 is 9.72 Å². The topological polar surface area (TPSA) is 98.6 Å². The van der Waals surface area contributed by atoms with E-state index in [0.717, 1.165) is 17.0 Å². The zero-order valence-electron chi connectivity index (χ0n) is 17.1. The lowest BCUT2D eigenvalue weighted by Gasteiger charge is -2.11. The number of nitrogens with one attached hydrogen (secondary N) is 1. The maximum absolute atomic E-state index is 12.3. The van der Waals surface area contributed by atoms with Crippen LogP contribution in [0, 0.1) is 0 Å². The number of ether oxygens (including phenoxy) is 1. The molecule has 0 bridgehead atoms. The van der Waals surface area contributed by atoms with Crippen molar-refractivity contribution in [3.63, 3.8) is 0 Å². The molecule has 10 heteroatoms. The predicted octanol–water partition coefficient (Wildman–Crippen LogP) is 4.32. The fourth-order valence-corrected chi connectivity index (χ4v) is 4.81. The average molecular weight is 463 g/mol. The molecule has 0 aliphatic carbocycles. The van der Waals surface area contributed by atoms with Crippen molar-refractivity contribution in [3.8, 4) is 22.8 Å². The van der Waals surface area contributed by atoms with Gasteiger partial charge in [0.1, 0.15) is 16.3 Å². The van der Waals surface area contributed by atoms with Crippen LogP contribution in [0.5, 0.6) is 5.75 Å². The normalized spacial score (nSPS) is 11.2. The number of rotatable bonds is 7. The van der Waals surface area contributed by atoms with Crippen molar-refractivity contribution in [2.45, 2.75) is 17.8 Å². The quantitative estimate of drug-likeness (QED) is 0.360. The highest BCUT2D eigenvalue weighted by molar-refractivity contribution is 7.98. The summed E-state index contributed by atoms with van der Waals surface area (Å²) in [6.45, 7) is 2.56. The number of H-pyrrole nitrogens is 1. The molecule has 0 radical (unpaired) electrons. The van der Waals surface area contributed by atoms with E-state index in [1.165, 1.54) is 23.1 Å². The van der Waals surface area contributed by atoms with Gasteiger partial charge in [0.25, 0.3) is 5.56 Å². The summed E-state index contributed by atoms with van der Waals surface area (Å²) in [6, 6.07) is 13.4. The van der Waals surface area contributed by atoms with E-state index in [2.05, 4.69) is 25.1 Å². The molecule has 0 saturated heterocycles. The lowest BCUT2D eigenvalue weighted by Crippen LogP contribution is -2.09. The first-order valence-corrected chi connectivity index (χ1v) is 11.8. The third kappa shape index (κ3) is 4.02. The van der Waals surface area contributed by atoms with Gasteiger partial charge in [-0.3, -0.25) is 14.3 Å². The summed E-state index contributed by atoms with van der Waals surface area (Å²) < 4.78 is 8.18. The van der Waals surface area contributed by atoms with Crippen molar-refractivity contribution in [1.82, 2.24) is 29.7 Å². The highest BCUT2D eigenvalue weighted by Gasteiger charge is 2.17. The minimum atomic E-state index is -0.121.